The van der Waals surface area contributed by atoms with Gasteiger partial charge in [-0.25, -0.2) is 0 Å². The van der Waals surface area contributed by atoms with Gasteiger partial charge in [0.2, 0.25) is 0 Å². The van der Waals surface area contributed by atoms with Crippen LogP contribution in [-0.4, -0.2) is 7.11 Å². The number of methoxy groups -OCH3 is 1. The van der Waals surface area contributed by atoms with E-state index < -0.39 is 0 Å². The highest BCUT2D eigenvalue weighted by molar-refractivity contribution is 9.09. The van der Waals surface area contributed by atoms with Crippen molar-refractivity contribution in [3.63, 3.8) is 0 Å². The first-order chi connectivity index (χ1) is 8.70. The number of ether oxygens (including phenoxy) is 1. The second-order valence-electron chi connectivity index (χ2n) is 5.08. The molecule has 0 heterocycles. The molecule has 1 aliphatic rings. The Kier molecular flexibility index (Phi) is 5.38. The summed E-state index contributed by atoms with van der Waals surface area (Å²) < 4.78 is 5.40. The van der Waals surface area contributed by atoms with Crippen molar-refractivity contribution in [2.45, 2.75) is 43.4 Å². The summed E-state index contributed by atoms with van der Waals surface area (Å²) in [5.41, 5.74) is 1.17. The minimum absolute atomic E-state index is 0.340. The minimum Gasteiger partial charge on any atom is -0.496 e. The van der Waals surface area contributed by atoms with Crippen LogP contribution in [0.5, 0.6) is 5.75 Å². The fraction of sp³-hybridized carbons (Fsp3) is 0.600. The van der Waals surface area contributed by atoms with E-state index in [1.165, 1.54) is 37.7 Å². The van der Waals surface area contributed by atoms with Gasteiger partial charge in [-0.2, -0.15) is 0 Å². The van der Waals surface area contributed by atoms with Crippen LogP contribution in [0.4, 0.5) is 0 Å². The normalized spacial score (nSPS) is 17.9. The molecule has 0 bridgehead atoms. The van der Waals surface area contributed by atoms with Gasteiger partial charge >= 0.3 is 0 Å². The number of alkyl halides is 1. The van der Waals surface area contributed by atoms with Gasteiger partial charge in [-0.1, -0.05) is 53.2 Å². The maximum atomic E-state index is 6.07. The van der Waals surface area contributed by atoms with E-state index in [0.29, 0.717) is 4.83 Å². The predicted molar refractivity (Wildman–Crippen MR) is 80.9 cm³/mol. The van der Waals surface area contributed by atoms with Crippen LogP contribution < -0.4 is 4.74 Å². The molecule has 0 aromatic heterocycles. The zero-order valence-corrected chi connectivity index (χ0v) is 13.1. The van der Waals surface area contributed by atoms with Crippen LogP contribution in [0.15, 0.2) is 18.2 Å². The number of hydrogen-bond acceptors (Lipinski definition) is 1. The van der Waals surface area contributed by atoms with Gasteiger partial charge in [0.25, 0.3) is 0 Å². The molecule has 0 spiro atoms. The molecule has 1 nitrogen and oxygen atoms in total. The average molecular weight is 332 g/mol. The van der Waals surface area contributed by atoms with Crippen LogP contribution in [0.3, 0.4) is 0 Å². The SMILES string of the molecule is COc1ccc(Cl)cc1C(Br)CCC1CCCC1. The van der Waals surface area contributed by atoms with Crippen molar-refractivity contribution in [1.82, 2.24) is 0 Å². The lowest BCUT2D eigenvalue weighted by molar-refractivity contribution is 0.406. The third-order valence-electron chi connectivity index (χ3n) is 3.83. The Morgan fingerprint density at radius 2 is 2.11 bits per heavy atom. The molecule has 1 atom stereocenters. The Labute approximate surface area is 123 Å². The highest BCUT2D eigenvalue weighted by Crippen LogP contribution is 2.39. The van der Waals surface area contributed by atoms with E-state index in [0.717, 1.165) is 23.1 Å². The summed E-state index contributed by atoms with van der Waals surface area (Å²) in [4.78, 5) is 0.340. The van der Waals surface area contributed by atoms with Crippen molar-refractivity contribution in [2.24, 2.45) is 5.92 Å². The van der Waals surface area contributed by atoms with Crippen molar-refractivity contribution >= 4 is 27.5 Å². The van der Waals surface area contributed by atoms with Crippen molar-refractivity contribution in [1.29, 1.82) is 0 Å². The van der Waals surface area contributed by atoms with Gasteiger partial charge in [-0.15, -0.1) is 0 Å². The molecular weight excluding hydrogens is 312 g/mol. The van der Waals surface area contributed by atoms with E-state index in [9.17, 15) is 0 Å². The first-order valence-electron chi connectivity index (χ1n) is 6.68. The summed E-state index contributed by atoms with van der Waals surface area (Å²) in [5.74, 6) is 1.85. The Morgan fingerprint density at radius 1 is 1.39 bits per heavy atom. The molecule has 1 aliphatic carbocycles. The van der Waals surface area contributed by atoms with E-state index in [2.05, 4.69) is 15.9 Å². The molecule has 1 aromatic carbocycles. The summed E-state index contributed by atoms with van der Waals surface area (Å²) in [6.45, 7) is 0. The molecule has 0 N–H and O–H groups in total. The first-order valence-corrected chi connectivity index (χ1v) is 7.97. The first kappa shape index (κ1) is 14.2. The van der Waals surface area contributed by atoms with Gasteiger partial charge in [0.05, 0.1) is 7.11 Å². The summed E-state index contributed by atoms with van der Waals surface area (Å²) in [5, 5.41) is 0.774. The van der Waals surface area contributed by atoms with E-state index in [1.807, 2.05) is 18.2 Å². The van der Waals surface area contributed by atoms with Gasteiger partial charge < -0.3 is 4.74 Å². The maximum Gasteiger partial charge on any atom is 0.123 e. The zero-order chi connectivity index (χ0) is 13.0. The van der Waals surface area contributed by atoms with Crippen LogP contribution in [0, 0.1) is 5.92 Å². The van der Waals surface area contributed by atoms with Gasteiger partial charge in [0.1, 0.15) is 5.75 Å². The number of halogens is 2. The van der Waals surface area contributed by atoms with E-state index in [1.54, 1.807) is 7.11 Å². The van der Waals surface area contributed by atoms with Gasteiger partial charge in [-0.3, -0.25) is 0 Å². The fourth-order valence-electron chi connectivity index (χ4n) is 2.79. The molecule has 0 amide bonds. The molecule has 100 valence electrons. The average Bonchev–Trinajstić information content (AvgIpc) is 2.89. The number of rotatable bonds is 5. The largest absolute Gasteiger partial charge is 0.496 e. The van der Waals surface area contributed by atoms with Gasteiger partial charge in [0, 0.05) is 15.4 Å². The topological polar surface area (TPSA) is 9.23 Å². The van der Waals surface area contributed by atoms with Crippen LogP contribution in [0.25, 0.3) is 0 Å². The van der Waals surface area contributed by atoms with Gasteiger partial charge in [0.15, 0.2) is 0 Å². The lowest BCUT2D eigenvalue weighted by atomic mass is 9.98. The molecule has 3 heteroatoms. The van der Waals surface area contributed by atoms with Crippen LogP contribution in [-0.2, 0) is 0 Å². The third kappa shape index (κ3) is 3.64. The van der Waals surface area contributed by atoms with Crippen LogP contribution in [0.2, 0.25) is 5.02 Å². The Morgan fingerprint density at radius 3 is 2.78 bits per heavy atom. The molecule has 1 fully saturated rings. The monoisotopic (exact) mass is 330 g/mol. The Balaban J connectivity index is 1.98. The quantitative estimate of drug-likeness (QED) is 0.624. The number of hydrogen-bond donors (Lipinski definition) is 0. The molecule has 1 unspecified atom stereocenters. The van der Waals surface area contributed by atoms with Crippen molar-refractivity contribution in [3.05, 3.63) is 28.8 Å². The fourth-order valence-corrected chi connectivity index (χ4v) is 3.59. The highest BCUT2D eigenvalue weighted by Gasteiger charge is 2.19. The Bertz CT molecular complexity index is 388. The van der Waals surface area contributed by atoms with Crippen LogP contribution in [0.1, 0.15) is 48.9 Å². The second-order valence-corrected chi connectivity index (χ2v) is 6.62. The standard InChI is InChI=1S/C15H20BrClO/c1-18-15-9-7-12(17)10-13(15)14(16)8-6-11-4-2-3-5-11/h7,9-11,14H,2-6,8H2,1H3. The molecule has 1 saturated carbocycles. The van der Waals surface area contributed by atoms with Crippen molar-refractivity contribution in [3.8, 4) is 5.75 Å². The highest BCUT2D eigenvalue weighted by atomic mass is 79.9. The summed E-state index contributed by atoms with van der Waals surface area (Å²) in [7, 11) is 1.71. The molecular formula is C15H20BrClO. The molecule has 0 aliphatic heterocycles. The lowest BCUT2D eigenvalue weighted by Crippen LogP contribution is -1.99. The smallest absolute Gasteiger partial charge is 0.123 e. The molecule has 2 rings (SSSR count). The molecule has 0 radical (unpaired) electrons. The summed E-state index contributed by atoms with van der Waals surface area (Å²) in [6, 6.07) is 5.83. The number of benzene rings is 1. The maximum absolute atomic E-state index is 6.07. The van der Waals surface area contributed by atoms with E-state index in [-0.39, 0.29) is 0 Å². The molecule has 18 heavy (non-hydrogen) atoms. The van der Waals surface area contributed by atoms with E-state index in [4.69, 9.17) is 16.3 Å². The predicted octanol–water partition coefficient (Wildman–Crippen LogP) is 5.76. The Hall–Kier alpha value is -0.210. The molecule has 0 saturated heterocycles. The van der Waals surface area contributed by atoms with E-state index >= 15 is 0 Å². The summed E-state index contributed by atoms with van der Waals surface area (Å²) >= 11 is 9.85. The molecule has 1 aromatic rings. The second kappa shape index (κ2) is 6.81. The third-order valence-corrected chi connectivity index (χ3v) is 5.02. The van der Waals surface area contributed by atoms with Crippen LogP contribution >= 0.6 is 27.5 Å². The van der Waals surface area contributed by atoms with Crippen molar-refractivity contribution < 1.29 is 4.74 Å². The van der Waals surface area contributed by atoms with Crippen molar-refractivity contribution in [2.75, 3.05) is 7.11 Å². The van der Waals surface area contributed by atoms with Gasteiger partial charge in [-0.05, 0) is 37.0 Å². The lowest BCUT2D eigenvalue weighted by Gasteiger charge is -2.16. The summed E-state index contributed by atoms with van der Waals surface area (Å²) in [6.07, 6.45) is 8.10. The zero-order valence-electron chi connectivity index (χ0n) is 10.8. The minimum atomic E-state index is 0.340.